The van der Waals surface area contributed by atoms with Crippen LogP contribution in [-0.4, -0.2) is 29.2 Å². The molecule has 0 bridgehead atoms. The van der Waals surface area contributed by atoms with E-state index in [1.54, 1.807) is 30.5 Å². The predicted molar refractivity (Wildman–Crippen MR) is 109 cm³/mol. The number of nitrogens with zero attached hydrogens (tertiary/aromatic N) is 2. The van der Waals surface area contributed by atoms with Gasteiger partial charge in [-0.1, -0.05) is 6.07 Å². The molecule has 28 heavy (non-hydrogen) atoms. The lowest BCUT2D eigenvalue weighted by atomic mass is 10.2. The zero-order valence-electron chi connectivity index (χ0n) is 16.0. The van der Waals surface area contributed by atoms with Crippen molar-refractivity contribution in [3.63, 3.8) is 0 Å². The van der Waals surface area contributed by atoms with E-state index in [4.69, 9.17) is 9.47 Å². The van der Waals surface area contributed by atoms with E-state index in [9.17, 15) is 4.79 Å². The molecular weight excluding hydrogens is 356 g/mol. The Bertz CT molecular complexity index is 942. The van der Waals surface area contributed by atoms with Crippen LogP contribution in [0, 0.1) is 0 Å². The maximum atomic E-state index is 11.7. The molecule has 0 saturated heterocycles. The Kier molecular flexibility index (Phi) is 6.06. The number of benzene rings is 2. The van der Waals surface area contributed by atoms with E-state index in [2.05, 4.69) is 20.6 Å². The van der Waals surface area contributed by atoms with Crippen molar-refractivity contribution in [1.29, 1.82) is 0 Å². The summed E-state index contributed by atoms with van der Waals surface area (Å²) in [7, 11) is 1.35. The van der Waals surface area contributed by atoms with E-state index in [1.165, 1.54) is 7.11 Å². The van der Waals surface area contributed by atoms with E-state index in [0.29, 0.717) is 17.3 Å². The van der Waals surface area contributed by atoms with E-state index in [1.807, 2.05) is 44.2 Å². The number of hydrogen-bond donors (Lipinski definition) is 2. The molecule has 3 aromatic rings. The molecule has 1 aromatic heterocycles. The average Bonchev–Trinajstić information content (AvgIpc) is 2.69. The van der Waals surface area contributed by atoms with Crippen LogP contribution in [0.2, 0.25) is 0 Å². The second kappa shape index (κ2) is 8.85. The molecule has 2 N–H and O–H groups in total. The van der Waals surface area contributed by atoms with Crippen molar-refractivity contribution in [3.8, 4) is 5.75 Å². The number of carbonyl (C=O) groups is 1. The Labute approximate surface area is 163 Å². The van der Waals surface area contributed by atoms with Crippen LogP contribution >= 0.6 is 0 Å². The van der Waals surface area contributed by atoms with Gasteiger partial charge in [0.25, 0.3) is 0 Å². The molecule has 3 rings (SSSR count). The van der Waals surface area contributed by atoms with Crippen LogP contribution in [0.3, 0.4) is 0 Å². The maximum absolute atomic E-state index is 11.7. The molecule has 7 nitrogen and oxygen atoms in total. The second-order valence-electron chi connectivity index (χ2n) is 6.28. The fraction of sp³-hybridized carbons (Fsp3) is 0.190. The molecule has 1 heterocycles. The summed E-state index contributed by atoms with van der Waals surface area (Å²) in [5.74, 6) is 1.46. The average molecular weight is 378 g/mol. The summed E-state index contributed by atoms with van der Waals surface area (Å²) >= 11 is 0. The lowest BCUT2D eigenvalue weighted by Gasteiger charge is -2.11. The van der Waals surface area contributed by atoms with Crippen molar-refractivity contribution in [2.45, 2.75) is 20.0 Å². The molecule has 0 radical (unpaired) electrons. The lowest BCUT2D eigenvalue weighted by molar-refractivity contribution is 0.0601. The van der Waals surface area contributed by atoms with Crippen LogP contribution in [0.1, 0.15) is 24.2 Å². The molecule has 0 spiro atoms. The van der Waals surface area contributed by atoms with Crippen LogP contribution < -0.4 is 15.4 Å². The highest BCUT2D eigenvalue weighted by atomic mass is 16.5. The minimum atomic E-state index is -0.390. The summed E-state index contributed by atoms with van der Waals surface area (Å²) in [5, 5.41) is 6.32. The van der Waals surface area contributed by atoms with Gasteiger partial charge < -0.3 is 20.1 Å². The topological polar surface area (TPSA) is 85.4 Å². The van der Waals surface area contributed by atoms with Crippen molar-refractivity contribution < 1.29 is 14.3 Å². The van der Waals surface area contributed by atoms with Crippen molar-refractivity contribution in [2.24, 2.45) is 0 Å². The smallest absolute Gasteiger partial charge is 0.337 e. The van der Waals surface area contributed by atoms with Gasteiger partial charge >= 0.3 is 5.97 Å². The zero-order chi connectivity index (χ0) is 19.9. The fourth-order valence-corrected chi connectivity index (χ4v) is 2.50. The summed E-state index contributed by atoms with van der Waals surface area (Å²) < 4.78 is 10.4. The highest BCUT2D eigenvalue weighted by molar-refractivity contribution is 5.90. The minimum Gasteiger partial charge on any atom is -0.491 e. The van der Waals surface area contributed by atoms with Gasteiger partial charge in [-0.15, -0.1) is 0 Å². The zero-order valence-corrected chi connectivity index (χ0v) is 16.0. The highest BCUT2D eigenvalue weighted by Crippen LogP contribution is 2.21. The Balaban J connectivity index is 1.70. The first kappa shape index (κ1) is 19.2. The fourth-order valence-electron chi connectivity index (χ4n) is 2.50. The molecule has 0 fully saturated rings. The molecule has 2 aromatic carbocycles. The molecule has 0 atom stereocenters. The summed E-state index contributed by atoms with van der Waals surface area (Å²) in [5.41, 5.74) is 2.03. The van der Waals surface area contributed by atoms with E-state index >= 15 is 0 Å². The first-order chi connectivity index (χ1) is 13.5. The molecule has 7 heteroatoms. The predicted octanol–water partition coefficient (Wildman–Crippen LogP) is 4.54. The van der Waals surface area contributed by atoms with Crippen LogP contribution in [0.25, 0.3) is 0 Å². The third kappa shape index (κ3) is 5.20. The molecule has 0 amide bonds. The Hall–Kier alpha value is -3.61. The number of nitrogens with one attached hydrogen (secondary N) is 2. The quantitative estimate of drug-likeness (QED) is 0.584. The van der Waals surface area contributed by atoms with Gasteiger partial charge in [0, 0.05) is 17.6 Å². The third-order valence-electron chi connectivity index (χ3n) is 3.69. The number of anilines is 4. The van der Waals surface area contributed by atoms with Crippen molar-refractivity contribution in [3.05, 3.63) is 66.4 Å². The third-order valence-corrected chi connectivity index (χ3v) is 3.69. The van der Waals surface area contributed by atoms with Gasteiger partial charge in [0.05, 0.1) is 18.8 Å². The molecule has 0 saturated carbocycles. The van der Waals surface area contributed by atoms with Crippen molar-refractivity contribution in [1.82, 2.24) is 9.97 Å². The van der Waals surface area contributed by atoms with Gasteiger partial charge in [0.2, 0.25) is 5.95 Å². The number of methoxy groups -OCH3 is 1. The largest absolute Gasteiger partial charge is 0.491 e. The van der Waals surface area contributed by atoms with Crippen molar-refractivity contribution >= 4 is 29.1 Å². The highest BCUT2D eigenvalue weighted by Gasteiger charge is 2.07. The number of aromatic nitrogens is 2. The first-order valence-electron chi connectivity index (χ1n) is 8.85. The minimum absolute atomic E-state index is 0.127. The lowest BCUT2D eigenvalue weighted by Crippen LogP contribution is -2.05. The molecule has 0 aliphatic heterocycles. The number of carbonyl (C=O) groups excluding carboxylic acids is 1. The summed E-state index contributed by atoms with van der Waals surface area (Å²) in [4.78, 5) is 20.4. The number of hydrogen-bond acceptors (Lipinski definition) is 7. The molecule has 144 valence electrons. The van der Waals surface area contributed by atoms with E-state index in [0.717, 1.165) is 17.1 Å². The standard InChI is InChI=1S/C21H22N4O3/c1-14(2)28-18-9-7-16(8-10-18)24-21-22-12-11-19(25-21)23-17-6-4-5-15(13-17)20(26)27-3/h4-14H,1-3H3,(H2,22,23,24,25). The van der Waals surface area contributed by atoms with Gasteiger partial charge in [-0.3, -0.25) is 0 Å². The van der Waals surface area contributed by atoms with Gasteiger partial charge in [0.15, 0.2) is 0 Å². The second-order valence-corrected chi connectivity index (χ2v) is 6.28. The van der Waals surface area contributed by atoms with Crippen molar-refractivity contribution in [2.75, 3.05) is 17.7 Å². The summed E-state index contributed by atoms with van der Waals surface area (Å²) in [6, 6.07) is 16.3. The van der Waals surface area contributed by atoms with Gasteiger partial charge in [-0.05, 0) is 62.4 Å². The number of ether oxygens (including phenoxy) is 2. The van der Waals surface area contributed by atoms with Gasteiger partial charge in [0.1, 0.15) is 11.6 Å². The Morgan fingerprint density at radius 2 is 1.79 bits per heavy atom. The molecule has 0 aliphatic carbocycles. The van der Waals surface area contributed by atoms with Crippen LogP contribution in [0.4, 0.5) is 23.1 Å². The maximum Gasteiger partial charge on any atom is 0.337 e. The molecule has 0 unspecified atom stereocenters. The summed E-state index contributed by atoms with van der Waals surface area (Å²) in [6.07, 6.45) is 1.78. The first-order valence-corrected chi connectivity index (χ1v) is 8.85. The Morgan fingerprint density at radius 3 is 2.50 bits per heavy atom. The molecule has 0 aliphatic rings. The summed E-state index contributed by atoms with van der Waals surface area (Å²) in [6.45, 7) is 3.97. The number of rotatable bonds is 7. The van der Waals surface area contributed by atoms with Gasteiger partial charge in [-0.2, -0.15) is 4.98 Å². The van der Waals surface area contributed by atoms with E-state index in [-0.39, 0.29) is 6.10 Å². The number of esters is 1. The normalized spacial score (nSPS) is 10.4. The monoisotopic (exact) mass is 378 g/mol. The van der Waals surface area contributed by atoms with Crippen LogP contribution in [0.15, 0.2) is 60.8 Å². The SMILES string of the molecule is COC(=O)c1cccc(Nc2ccnc(Nc3ccc(OC(C)C)cc3)n2)c1. The van der Waals surface area contributed by atoms with Crippen LogP contribution in [-0.2, 0) is 4.74 Å². The molecular formula is C21H22N4O3. The van der Waals surface area contributed by atoms with Gasteiger partial charge in [-0.25, -0.2) is 9.78 Å². The Morgan fingerprint density at radius 1 is 1.00 bits per heavy atom. The van der Waals surface area contributed by atoms with Crippen LogP contribution in [0.5, 0.6) is 5.75 Å². The van der Waals surface area contributed by atoms with E-state index < -0.39 is 5.97 Å².